The number of rotatable bonds is 10. The van der Waals surface area contributed by atoms with E-state index in [2.05, 4.69) is 9.97 Å². The molecule has 3 aromatic carbocycles. The van der Waals surface area contributed by atoms with Crippen LogP contribution in [0.2, 0.25) is 0 Å². The number of aromatic carboxylic acids is 1. The number of aromatic nitrogens is 3. The van der Waals surface area contributed by atoms with Gasteiger partial charge >= 0.3 is 5.97 Å². The molecule has 1 N–H and O–H groups in total. The molecule has 230 valence electrons. The van der Waals surface area contributed by atoms with Gasteiger partial charge in [0, 0.05) is 24.7 Å². The predicted octanol–water partition coefficient (Wildman–Crippen LogP) is 6.57. The maximum atomic E-state index is 15.4. The molecule has 0 aliphatic carbocycles. The molecule has 5 aromatic rings. The zero-order valence-corrected chi connectivity index (χ0v) is 23.7. The van der Waals surface area contributed by atoms with E-state index >= 15 is 8.78 Å². The summed E-state index contributed by atoms with van der Waals surface area (Å²) in [5.74, 6) is -6.14. The number of nitriles is 1. The lowest BCUT2D eigenvalue weighted by atomic mass is 10.0. The van der Waals surface area contributed by atoms with Gasteiger partial charge in [0.15, 0.2) is 11.6 Å². The van der Waals surface area contributed by atoms with E-state index in [0.717, 1.165) is 36.4 Å². The first kappa shape index (κ1) is 31.1. The topological polar surface area (TPSA) is 110 Å². The zero-order valence-electron chi connectivity index (χ0n) is 23.7. The number of fused-ring (bicyclic) bond motifs is 1. The van der Waals surface area contributed by atoms with Gasteiger partial charge in [0.25, 0.3) is 5.88 Å². The Hall–Kier alpha value is -5.35. The standard InChI is InChI=1S/C32H23F5N4O4/c1-16(44-2)14-41-28-10-20(32(42)43)9-26(37)30(28)40-29(41)11-19-8-25(36)21(12-24(19)35)27-6-5-22(33)31(39-27)45-15-18-4-3-17(13-38)7-23(18)34/h3-10,12,16H,11,14-15H2,1-2H3,(H,42,43)/t16-/m1/s1. The first-order valence-corrected chi connectivity index (χ1v) is 13.4. The molecule has 0 aliphatic rings. The van der Waals surface area contributed by atoms with Crippen molar-refractivity contribution in [2.75, 3.05) is 7.11 Å². The molecule has 0 amide bonds. The van der Waals surface area contributed by atoms with E-state index in [4.69, 9.17) is 14.7 Å². The SMILES string of the molecule is CO[C@H](C)Cn1c(Cc2cc(F)c(-c3ccc(F)c(OCc4ccc(C#N)cc4F)n3)cc2F)nc2c(F)cc(C(=O)O)cc21. The number of imidazole rings is 1. The molecule has 8 nitrogen and oxygen atoms in total. The minimum Gasteiger partial charge on any atom is -0.478 e. The number of benzene rings is 3. The smallest absolute Gasteiger partial charge is 0.335 e. The van der Waals surface area contributed by atoms with Crippen LogP contribution >= 0.6 is 0 Å². The molecule has 5 rings (SSSR count). The number of nitrogens with zero attached hydrogens (tertiary/aromatic N) is 4. The van der Waals surface area contributed by atoms with Crippen molar-refractivity contribution in [2.45, 2.75) is 32.6 Å². The van der Waals surface area contributed by atoms with Crippen LogP contribution in [0.25, 0.3) is 22.3 Å². The molecule has 0 saturated carbocycles. The molecule has 13 heteroatoms. The largest absolute Gasteiger partial charge is 0.478 e. The molecular weight excluding hydrogens is 599 g/mol. The van der Waals surface area contributed by atoms with E-state index < -0.39 is 53.6 Å². The minimum atomic E-state index is -1.35. The van der Waals surface area contributed by atoms with Crippen LogP contribution in [0.4, 0.5) is 22.0 Å². The third kappa shape index (κ3) is 6.46. The molecule has 45 heavy (non-hydrogen) atoms. The van der Waals surface area contributed by atoms with Crippen molar-refractivity contribution in [3.63, 3.8) is 0 Å². The number of carboxylic acids is 1. The van der Waals surface area contributed by atoms with Crippen molar-refractivity contribution in [3.05, 3.63) is 112 Å². The fourth-order valence-electron chi connectivity index (χ4n) is 4.67. The number of methoxy groups -OCH3 is 1. The summed E-state index contributed by atoms with van der Waals surface area (Å²) < 4.78 is 86.5. The van der Waals surface area contributed by atoms with E-state index in [1.165, 1.54) is 29.9 Å². The Morgan fingerprint density at radius 2 is 1.69 bits per heavy atom. The average molecular weight is 623 g/mol. The second-order valence-electron chi connectivity index (χ2n) is 10.1. The number of pyridine rings is 1. The van der Waals surface area contributed by atoms with Crippen LogP contribution in [-0.4, -0.2) is 38.8 Å². The fraction of sp³-hybridized carbons (Fsp3) is 0.188. The number of halogens is 5. The van der Waals surface area contributed by atoms with Crippen molar-refractivity contribution >= 4 is 17.0 Å². The lowest BCUT2D eigenvalue weighted by Crippen LogP contribution is -2.17. The van der Waals surface area contributed by atoms with Gasteiger partial charge in [-0.15, -0.1) is 0 Å². The molecule has 0 aliphatic heterocycles. The summed E-state index contributed by atoms with van der Waals surface area (Å²) in [6, 6.07) is 11.4. The highest BCUT2D eigenvalue weighted by molar-refractivity contribution is 5.92. The average Bonchev–Trinajstić information content (AvgIpc) is 3.35. The molecule has 0 radical (unpaired) electrons. The van der Waals surface area contributed by atoms with Crippen molar-refractivity contribution in [1.29, 1.82) is 5.26 Å². The number of hydrogen-bond acceptors (Lipinski definition) is 6. The van der Waals surface area contributed by atoms with E-state index in [0.29, 0.717) is 0 Å². The second kappa shape index (κ2) is 12.7. The van der Waals surface area contributed by atoms with Gasteiger partial charge in [-0.05, 0) is 61.0 Å². The highest BCUT2D eigenvalue weighted by atomic mass is 19.1. The summed E-state index contributed by atoms with van der Waals surface area (Å²) in [6.45, 7) is 1.39. The van der Waals surface area contributed by atoms with Crippen LogP contribution in [0.5, 0.6) is 5.88 Å². The Balaban J connectivity index is 1.46. The van der Waals surface area contributed by atoms with Gasteiger partial charge in [-0.3, -0.25) is 0 Å². The molecule has 2 heterocycles. The Bertz CT molecular complexity index is 1990. The number of hydrogen-bond donors (Lipinski definition) is 1. The molecule has 0 saturated heterocycles. The van der Waals surface area contributed by atoms with Gasteiger partial charge in [0.2, 0.25) is 0 Å². The molecule has 1 atom stereocenters. The fourth-order valence-corrected chi connectivity index (χ4v) is 4.67. The van der Waals surface area contributed by atoms with E-state index in [-0.39, 0.29) is 63.3 Å². The van der Waals surface area contributed by atoms with Crippen molar-refractivity contribution in [2.24, 2.45) is 0 Å². The first-order chi connectivity index (χ1) is 21.5. The van der Waals surface area contributed by atoms with Crippen LogP contribution in [0, 0.1) is 40.4 Å². The summed E-state index contributed by atoms with van der Waals surface area (Å²) in [7, 11) is 1.45. The van der Waals surface area contributed by atoms with E-state index in [1.807, 2.05) is 0 Å². The van der Waals surface area contributed by atoms with Crippen LogP contribution in [0.3, 0.4) is 0 Å². The van der Waals surface area contributed by atoms with Gasteiger partial charge in [-0.1, -0.05) is 6.07 Å². The molecule has 0 unspecified atom stereocenters. The van der Waals surface area contributed by atoms with Gasteiger partial charge in [0.05, 0.1) is 41.1 Å². The molecule has 0 fully saturated rings. The van der Waals surface area contributed by atoms with E-state index in [1.54, 1.807) is 13.0 Å². The van der Waals surface area contributed by atoms with Crippen molar-refractivity contribution in [3.8, 4) is 23.2 Å². The monoisotopic (exact) mass is 622 g/mol. The Morgan fingerprint density at radius 1 is 0.933 bits per heavy atom. The maximum absolute atomic E-state index is 15.4. The predicted molar refractivity (Wildman–Crippen MR) is 151 cm³/mol. The summed E-state index contributed by atoms with van der Waals surface area (Å²) in [5, 5.41) is 18.3. The van der Waals surface area contributed by atoms with E-state index in [9.17, 15) is 23.1 Å². The minimum absolute atomic E-state index is 0.0205. The third-order valence-corrected chi connectivity index (χ3v) is 7.10. The van der Waals surface area contributed by atoms with Crippen LogP contribution in [0.1, 0.15) is 39.8 Å². The zero-order chi connectivity index (χ0) is 32.4. The quantitative estimate of drug-likeness (QED) is 0.176. The first-order valence-electron chi connectivity index (χ1n) is 13.4. The van der Waals surface area contributed by atoms with Gasteiger partial charge in [-0.2, -0.15) is 5.26 Å². The number of carbonyl (C=O) groups is 1. The molecular formula is C32H23F5N4O4. The second-order valence-corrected chi connectivity index (χ2v) is 10.1. The lowest BCUT2D eigenvalue weighted by molar-refractivity contribution is 0.0696. The van der Waals surface area contributed by atoms with Crippen LogP contribution in [0.15, 0.2) is 54.6 Å². The highest BCUT2D eigenvalue weighted by Gasteiger charge is 2.22. The Kier molecular flexibility index (Phi) is 8.78. The third-order valence-electron chi connectivity index (χ3n) is 7.10. The number of ether oxygens (including phenoxy) is 2. The summed E-state index contributed by atoms with van der Waals surface area (Å²) >= 11 is 0. The molecule has 0 spiro atoms. The van der Waals surface area contributed by atoms with Gasteiger partial charge in [0.1, 0.15) is 35.4 Å². The Labute approximate surface area is 252 Å². The molecule has 2 aromatic heterocycles. The van der Waals surface area contributed by atoms with Crippen molar-refractivity contribution in [1.82, 2.24) is 14.5 Å². The van der Waals surface area contributed by atoms with Crippen molar-refractivity contribution < 1.29 is 41.3 Å². The van der Waals surface area contributed by atoms with Gasteiger partial charge in [-0.25, -0.2) is 36.7 Å². The lowest BCUT2D eigenvalue weighted by Gasteiger charge is -2.15. The molecule has 0 bridgehead atoms. The maximum Gasteiger partial charge on any atom is 0.335 e. The highest BCUT2D eigenvalue weighted by Crippen LogP contribution is 2.30. The summed E-state index contributed by atoms with van der Waals surface area (Å²) in [5.41, 5.74) is -0.823. The van der Waals surface area contributed by atoms with Crippen LogP contribution in [-0.2, 0) is 24.3 Å². The summed E-state index contributed by atoms with van der Waals surface area (Å²) in [6.07, 6.45) is -0.715. The number of carboxylic acid groups (broad SMARTS) is 1. The normalized spacial score (nSPS) is 11.9. The van der Waals surface area contributed by atoms with Crippen LogP contribution < -0.4 is 4.74 Å². The Morgan fingerprint density at radius 3 is 2.38 bits per heavy atom. The summed E-state index contributed by atoms with van der Waals surface area (Å²) in [4.78, 5) is 19.7. The van der Waals surface area contributed by atoms with Gasteiger partial charge < -0.3 is 19.1 Å².